The van der Waals surface area contributed by atoms with E-state index < -0.39 is 0 Å². The molecule has 0 saturated heterocycles. The molecule has 0 bridgehead atoms. The molecule has 0 aliphatic rings. The summed E-state index contributed by atoms with van der Waals surface area (Å²) in [5.74, 6) is 0.596. The lowest BCUT2D eigenvalue weighted by molar-refractivity contribution is 0.360. The zero-order valence-electron chi connectivity index (χ0n) is 12.3. The number of unbranched alkanes of at least 4 members (excludes halogenated alkanes) is 1. The van der Waals surface area contributed by atoms with Gasteiger partial charge >= 0.3 is 0 Å². The number of rotatable bonds is 8. The van der Waals surface area contributed by atoms with Gasteiger partial charge in [0, 0.05) is 16.6 Å². The van der Waals surface area contributed by atoms with Crippen molar-refractivity contribution in [2.75, 3.05) is 0 Å². The van der Waals surface area contributed by atoms with Gasteiger partial charge in [0.05, 0.1) is 0 Å². The fourth-order valence-corrected chi connectivity index (χ4v) is 3.00. The second-order valence-electron chi connectivity index (χ2n) is 5.40. The van der Waals surface area contributed by atoms with Gasteiger partial charge in [-0.25, -0.2) is 4.98 Å². The van der Waals surface area contributed by atoms with Gasteiger partial charge in [-0.3, -0.25) is 4.68 Å². The van der Waals surface area contributed by atoms with Crippen LogP contribution in [0.25, 0.3) is 0 Å². The molecule has 5 heteroatoms. The molecule has 3 nitrogen and oxygen atoms in total. The number of halogens is 2. The van der Waals surface area contributed by atoms with E-state index in [0.29, 0.717) is 10.9 Å². The van der Waals surface area contributed by atoms with Crippen LogP contribution in [0, 0.1) is 5.92 Å². The van der Waals surface area contributed by atoms with Crippen LogP contribution in [0.2, 0.25) is 10.0 Å². The number of benzene rings is 1. The molecule has 21 heavy (non-hydrogen) atoms. The molecule has 2 aromatic rings. The van der Waals surface area contributed by atoms with Crippen LogP contribution in [-0.4, -0.2) is 14.8 Å². The Bertz CT molecular complexity index is 540. The molecule has 1 heterocycles. The fourth-order valence-electron chi connectivity index (χ4n) is 2.50. The van der Waals surface area contributed by atoms with Crippen LogP contribution in [0.5, 0.6) is 0 Å². The van der Waals surface area contributed by atoms with Crippen LogP contribution < -0.4 is 0 Å². The molecule has 0 fully saturated rings. The van der Waals surface area contributed by atoms with Crippen molar-refractivity contribution >= 4 is 23.2 Å². The van der Waals surface area contributed by atoms with Gasteiger partial charge in [0.15, 0.2) is 0 Å². The Morgan fingerprint density at radius 2 is 2.10 bits per heavy atom. The van der Waals surface area contributed by atoms with E-state index >= 15 is 0 Å². The van der Waals surface area contributed by atoms with Gasteiger partial charge in [-0.2, -0.15) is 5.10 Å². The number of hydrogen-bond donors (Lipinski definition) is 0. The summed E-state index contributed by atoms with van der Waals surface area (Å²) in [6, 6.07) is 5.75. The van der Waals surface area contributed by atoms with E-state index in [0.717, 1.165) is 24.4 Å². The standard InChI is InChI=1S/C16H21Cl2N3/c1-2-3-4-13(10-21-12-19-11-20-21)5-6-14-7-8-15(17)9-16(14)18/h7-9,11-13H,2-6,10H2,1H3. The molecule has 1 unspecified atom stereocenters. The number of aryl methyl sites for hydroxylation is 1. The van der Waals surface area contributed by atoms with Gasteiger partial charge < -0.3 is 0 Å². The molecule has 1 aromatic carbocycles. The van der Waals surface area contributed by atoms with E-state index in [1.807, 2.05) is 22.9 Å². The molecule has 0 N–H and O–H groups in total. The average molecular weight is 326 g/mol. The summed E-state index contributed by atoms with van der Waals surface area (Å²) >= 11 is 12.2. The van der Waals surface area contributed by atoms with E-state index in [2.05, 4.69) is 17.0 Å². The maximum Gasteiger partial charge on any atom is 0.137 e. The van der Waals surface area contributed by atoms with Crippen LogP contribution >= 0.6 is 23.2 Å². The third-order valence-electron chi connectivity index (χ3n) is 3.71. The topological polar surface area (TPSA) is 30.7 Å². The summed E-state index contributed by atoms with van der Waals surface area (Å²) in [7, 11) is 0. The smallest absolute Gasteiger partial charge is 0.137 e. The summed E-state index contributed by atoms with van der Waals surface area (Å²) in [6.07, 6.45) is 9.12. The molecule has 2 rings (SSSR count). The van der Waals surface area contributed by atoms with E-state index in [1.54, 1.807) is 12.7 Å². The molecule has 0 aliphatic carbocycles. The van der Waals surface area contributed by atoms with Crippen molar-refractivity contribution in [1.82, 2.24) is 14.8 Å². The van der Waals surface area contributed by atoms with E-state index in [9.17, 15) is 0 Å². The largest absolute Gasteiger partial charge is 0.253 e. The van der Waals surface area contributed by atoms with Gasteiger partial charge in [0.2, 0.25) is 0 Å². The van der Waals surface area contributed by atoms with Crippen molar-refractivity contribution in [3.05, 3.63) is 46.5 Å². The Kier molecular flexibility index (Phi) is 6.52. The second kappa shape index (κ2) is 8.40. The first-order valence-corrected chi connectivity index (χ1v) is 8.21. The molecule has 0 radical (unpaired) electrons. The van der Waals surface area contributed by atoms with Crippen LogP contribution in [0.1, 0.15) is 38.2 Å². The Hall–Kier alpha value is -1.06. The van der Waals surface area contributed by atoms with Crippen molar-refractivity contribution in [1.29, 1.82) is 0 Å². The van der Waals surface area contributed by atoms with E-state index in [1.165, 1.54) is 24.8 Å². The SMILES string of the molecule is CCCCC(CCc1ccc(Cl)cc1Cl)Cn1cncn1. The first kappa shape index (κ1) is 16.3. The number of hydrogen-bond acceptors (Lipinski definition) is 2. The zero-order valence-corrected chi connectivity index (χ0v) is 13.8. The molecular formula is C16H21Cl2N3. The van der Waals surface area contributed by atoms with Gasteiger partial charge in [-0.15, -0.1) is 0 Å². The monoisotopic (exact) mass is 325 g/mol. The lowest BCUT2D eigenvalue weighted by atomic mass is 9.94. The minimum absolute atomic E-state index is 0.596. The summed E-state index contributed by atoms with van der Waals surface area (Å²) < 4.78 is 1.92. The lowest BCUT2D eigenvalue weighted by Crippen LogP contribution is -2.12. The van der Waals surface area contributed by atoms with Crippen molar-refractivity contribution in [2.24, 2.45) is 5.92 Å². The van der Waals surface area contributed by atoms with Crippen LogP contribution in [0.3, 0.4) is 0 Å². The fraction of sp³-hybridized carbons (Fsp3) is 0.500. The van der Waals surface area contributed by atoms with Gasteiger partial charge in [0.25, 0.3) is 0 Å². The summed E-state index contributed by atoms with van der Waals surface area (Å²) in [6.45, 7) is 3.15. The summed E-state index contributed by atoms with van der Waals surface area (Å²) in [4.78, 5) is 4.01. The highest BCUT2D eigenvalue weighted by Crippen LogP contribution is 2.25. The summed E-state index contributed by atoms with van der Waals surface area (Å²) in [5, 5.41) is 5.66. The minimum atomic E-state index is 0.596. The highest BCUT2D eigenvalue weighted by Gasteiger charge is 2.11. The Morgan fingerprint density at radius 3 is 2.76 bits per heavy atom. The highest BCUT2D eigenvalue weighted by molar-refractivity contribution is 6.35. The Balaban J connectivity index is 1.94. The molecule has 0 saturated carbocycles. The van der Waals surface area contributed by atoms with Gasteiger partial charge in [0.1, 0.15) is 12.7 Å². The quantitative estimate of drug-likeness (QED) is 0.681. The third kappa shape index (κ3) is 5.33. The molecule has 114 valence electrons. The molecule has 0 aliphatic heterocycles. The molecular weight excluding hydrogens is 305 g/mol. The van der Waals surface area contributed by atoms with Gasteiger partial charge in [-0.1, -0.05) is 49.0 Å². The van der Waals surface area contributed by atoms with Crippen molar-refractivity contribution < 1.29 is 0 Å². The van der Waals surface area contributed by atoms with Crippen molar-refractivity contribution in [3.8, 4) is 0 Å². The average Bonchev–Trinajstić information content (AvgIpc) is 2.96. The van der Waals surface area contributed by atoms with Crippen LogP contribution in [0.4, 0.5) is 0 Å². The Labute approximate surface area is 136 Å². The minimum Gasteiger partial charge on any atom is -0.253 e. The molecule has 0 amide bonds. The lowest BCUT2D eigenvalue weighted by Gasteiger charge is -2.17. The molecule has 1 aromatic heterocycles. The van der Waals surface area contributed by atoms with Crippen molar-refractivity contribution in [2.45, 2.75) is 45.6 Å². The van der Waals surface area contributed by atoms with Crippen LogP contribution in [-0.2, 0) is 13.0 Å². The first-order chi connectivity index (χ1) is 10.2. The maximum atomic E-state index is 6.25. The third-order valence-corrected chi connectivity index (χ3v) is 4.30. The maximum absolute atomic E-state index is 6.25. The Morgan fingerprint density at radius 1 is 1.24 bits per heavy atom. The highest BCUT2D eigenvalue weighted by atomic mass is 35.5. The number of nitrogens with zero attached hydrogens (tertiary/aromatic N) is 3. The number of aromatic nitrogens is 3. The van der Waals surface area contributed by atoms with E-state index in [-0.39, 0.29) is 0 Å². The molecule has 1 atom stereocenters. The second-order valence-corrected chi connectivity index (χ2v) is 6.24. The zero-order chi connectivity index (χ0) is 15.1. The van der Waals surface area contributed by atoms with E-state index in [4.69, 9.17) is 23.2 Å². The van der Waals surface area contributed by atoms with Crippen LogP contribution in [0.15, 0.2) is 30.9 Å². The normalized spacial score (nSPS) is 12.5. The van der Waals surface area contributed by atoms with Gasteiger partial charge in [-0.05, 0) is 42.9 Å². The molecule has 0 spiro atoms. The first-order valence-electron chi connectivity index (χ1n) is 7.45. The predicted octanol–water partition coefficient (Wildman–Crippen LogP) is 5.02. The van der Waals surface area contributed by atoms with Crippen molar-refractivity contribution in [3.63, 3.8) is 0 Å². The summed E-state index contributed by atoms with van der Waals surface area (Å²) in [5.41, 5.74) is 1.17. The predicted molar refractivity (Wildman–Crippen MR) is 87.8 cm³/mol.